The Morgan fingerprint density at radius 2 is 2.06 bits per heavy atom. The van der Waals surface area contributed by atoms with Crippen molar-refractivity contribution in [2.75, 3.05) is 12.3 Å². The van der Waals surface area contributed by atoms with Crippen LogP contribution >= 0.6 is 11.8 Å². The largest absolute Gasteiger partial charge is 0.392 e. The van der Waals surface area contributed by atoms with Gasteiger partial charge in [-0.05, 0) is 18.1 Å². The summed E-state index contributed by atoms with van der Waals surface area (Å²) in [4.78, 5) is 0. The SMILES string of the molecule is CC(NCCSC(C)(C)C)c1cccc(CO)c1. The van der Waals surface area contributed by atoms with Gasteiger partial charge in [-0.3, -0.25) is 0 Å². The van der Waals surface area contributed by atoms with E-state index in [0.29, 0.717) is 10.8 Å². The van der Waals surface area contributed by atoms with Crippen molar-refractivity contribution in [1.29, 1.82) is 0 Å². The van der Waals surface area contributed by atoms with E-state index in [-0.39, 0.29) is 6.61 Å². The zero-order chi connectivity index (χ0) is 13.6. The number of hydrogen-bond acceptors (Lipinski definition) is 3. The summed E-state index contributed by atoms with van der Waals surface area (Å²) in [6.07, 6.45) is 0. The van der Waals surface area contributed by atoms with Gasteiger partial charge in [-0.1, -0.05) is 45.0 Å². The van der Waals surface area contributed by atoms with Crippen molar-refractivity contribution in [2.24, 2.45) is 0 Å². The molecule has 0 aromatic heterocycles. The maximum Gasteiger partial charge on any atom is 0.0681 e. The third-order valence-corrected chi connectivity index (χ3v) is 4.00. The van der Waals surface area contributed by atoms with Crippen LogP contribution in [0.15, 0.2) is 24.3 Å². The Hall–Kier alpha value is -0.510. The maximum absolute atomic E-state index is 9.12. The van der Waals surface area contributed by atoms with E-state index in [1.807, 2.05) is 23.9 Å². The van der Waals surface area contributed by atoms with Crippen LogP contribution < -0.4 is 5.32 Å². The fraction of sp³-hybridized carbons (Fsp3) is 0.600. The highest BCUT2D eigenvalue weighted by Gasteiger charge is 2.10. The second kappa shape index (κ2) is 7.17. The van der Waals surface area contributed by atoms with Gasteiger partial charge in [0.25, 0.3) is 0 Å². The second-order valence-electron chi connectivity index (χ2n) is 5.54. The molecule has 0 saturated heterocycles. The first-order valence-corrected chi connectivity index (χ1v) is 7.48. The molecule has 0 amide bonds. The standard InChI is InChI=1S/C15H25NOS/c1-12(16-8-9-18-15(2,3)4)14-7-5-6-13(10-14)11-17/h5-7,10,12,16-17H,8-9,11H2,1-4H3. The highest BCUT2D eigenvalue weighted by Crippen LogP contribution is 2.22. The summed E-state index contributed by atoms with van der Waals surface area (Å²) in [5.74, 6) is 1.12. The Bertz CT molecular complexity index is 360. The van der Waals surface area contributed by atoms with E-state index < -0.39 is 0 Å². The van der Waals surface area contributed by atoms with Gasteiger partial charge in [0, 0.05) is 23.1 Å². The molecule has 0 radical (unpaired) electrons. The van der Waals surface area contributed by atoms with Gasteiger partial charge in [0.05, 0.1) is 6.61 Å². The molecule has 0 fully saturated rings. The lowest BCUT2D eigenvalue weighted by Crippen LogP contribution is -2.23. The summed E-state index contributed by atoms with van der Waals surface area (Å²) < 4.78 is 0.335. The lowest BCUT2D eigenvalue weighted by Gasteiger charge is -2.19. The lowest BCUT2D eigenvalue weighted by atomic mass is 10.1. The summed E-state index contributed by atoms with van der Waals surface area (Å²) in [5, 5.41) is 12.6. The summed E-state index contributed by atoms with van der Waals surface area (Å²) in [6.45, 7) is 10.0. The number of nitrogens with one attached hydrogen (secondary N) is 1. The van der Waals surface area contributed by atoms with Crippen LogP contribution in [0.4, 0.5) is 0 Å². The highest BCUT2D eigenvalue weighted by atomic mass is 32.2. The second-order valence-corrected chi connectivity index (χ2v) is 7.46. The van der Waals surface area contributed by atoms with E-state index >= 15 is 0 Å². The average molecular weight is 267 g/mol. The predicted octanol–water partition coefficient (Wildman–Crippen LogP) is 3.36. The Kier molecular flexibility index (Phi) is 6.19. The summed E-state index contributed by atoms with van der Waals surface area (Å²) >= 11 is 1.98. The monoisotopic (exact) mass is 267 g/mol. The molecule has 0 heterocycles. The van der Waals surface area contributed by atoms with Crippen molar-refractivity contribution in [1.82, 2.24) is 5.32 Å². The van der Waals surface area contributed by atoms with Crippen molar-refractivity contribution >= 4 is 11.8 Å². The van der Waals surface area contributed by atoms with Gasteiger partial charge in [-0.2, -0.15) is 11.8 Å². The first-order chi connectivity index (χ1) is 8.42. The minimum atomic E-state index is 0.112. The van der Waals surface area contributed by atoms with E-state index in [4.69, 9.17) is 5.11 Å². The molecule has 2 nitrogen and oxygen atoms in total. The molecular formula is C15H25NOS. The van der Waals surface area contributed by atoms with Crippen molar-refractivity contribution in [3.05, 3.63) is 35.4 Å². The van der Waals surface area contributed by atoms with Gasteiger partial charge in [-0.15, -0.1) is 0 Å². The van der Waals surface area contributed by atoms with Crippen LogP contribution in [0.3, 0.4) is 0 Å². The molecule has 2 N–H and O–H groups in total. The van der Waals surface area contributed by atoms with E-state index in [1.165, 1.54) is 5.56 Å². The highest BCUT2D eigenvalue weighted by molar-refractivity contribution is 8.00. The first-order valence-electron chi connectivity index (χ1n) is 6.49. The number of aliphatic hydroxyl groups excluding tert-OH is 1. The minimum absolute atomic E-state index is 0.112. The Balaban J connectivity index is 2.38. The predicted molar refractivity (Wildman–Crippen MR) is 81.0 cm³/mol. The molecule has 0 spiro atoms. The molecule has 18 heavy (non-hydrogen) atoms. The van der Waals surface area contributed by atoms with E-state index in [9.17, 15) is 0 Å². The molecule has 1 aromatic carbocycles. The summed E-state index contributed by atoms with van der Waals surface area (Å²) in [5.41, 5.74) is 2.22. The topological polar surface area (TPSA) is 32.3 Å². The quantitative estimate of drug-likeness (QED) is 0.775. The maximum atomic E-state index is 9.12. The van der Waals surface area contributed by atoms with Gasteiger partial charge in [-0.25, -0.2) is 0 Å². The Morgan fingerprint density at radius 1 is 1.33 bits per heavy atom. The van der Waals surface area contributed by atoms with Crippen LogP contribution in [0.25, 0.3) is 0 Å². The zero-order valence-electron chi connectivity index (χ0n) is 11.9. The van der Waals surface area contributed by atoms with E-state index in [0.717, 1.165) is 17.9 Å². The van der Waals surface area contributed by atoms with Gasteiger partial charge in [0.1, 0.15) is 0 Å². The van der Waals surface area contributed by atoms with Gasteiger partial charge in [0.15, 0.2) is 0 Å². The lowest BCUT2D eigenvalue weighted by molar-refractivity contribution is 0.281. The van der Waals surface area contributed by atoms with E-state index in [1.54, 1.807) is 0 Å². The Morgan fingerprint density at radius 3 is 2.67 bits per heavy atom. The van der Waals surface area contributed by atoms with Crippen molar-refractivity contribution in [3.63, 3.8) is 0 Å². The number of rotatable bonds is 6. The number of aliphatic hydroxyl groups is 1. The van der Waals surface area contributed by atoms with Crippen molar-refractivity contribution < 1.29 is 5.11 Å². The molecule has 0 bridgehead atoms. The van der Waals surface area contributed by atoms with E-state index in [2.05, 4.69) is 45.1 Å². The zero-order valence-corrected chi connectivity index (χ0v) is 12.7. The summed E-state index contributed by atoms with van der Waals surface area (Å²) in [6, 6.07) is 8.45. The third kappa shape index (κ3) is 5.89. The first kappa shape index (κ1) is 15.5. The number of hydrogen-bond donors (Lipinski definition) is 2. The fourth-order valence-corrected chi connectivity index (χ4v) is 2.54. The van der Waals surface area contributed by atoms with Gasteiger partial charge >= 0.3 is 0 Å². The molecule has 0 aliphatic rings. The summed E-state index contributed by atoms with van der Waals surface area (Å²) in [7, 11) is 0. The third-order valence-electron chi connectivity index (χ3n) is 2.72. The van der Waals surface area contributed by atoms with Crippen LogP contribution in [0.5, 0.6) is 0 Å². The molecular weight excluding hydrogens is 242 g/mol. The van der Waals surface area contributed by atoms with Crippen LogP contribution in [-0.4, -0.2) is 22.2 Å². The van der Waals surface area contributed by atoms with Crippen molar-refractivity contribution in [3.8, 4) is 0 Å². The molecule has 0 aliphatic carbocycles. The number of thioether (sulfide) groups is 1. The molecule has 1 unspecified atom stereocenters. The van der Waals surface area contributed by atoms with Crippen LogP contribution in [0, 0.1) is 0 Å². The van der Waals surface area contributed by atoms with Crippen LogP contribution in [0.1, 0.15) is 44.9 Å². The Labute approximate surface area is 115 Å². The molecule has 3 heteroatoms. The molecule has 0 saturated carbocycles. The average Bonchev–Trinajstić information content (AvgIpc) is 2.33. The van der Waals surface area contributed by atoms with Crippen molar-refractivity contribution in [2.45, 2.75) is 45.1 Å². The molecule has 1 atom stereocenters. The number of benzene rings is 1. The molecule has 0 aliphatic heterocycles. The van der Waals surface area contributed by atoms with Crippen LogP contribution in [-0.2, 0) is 6.61 Å². The van der Waals surface area contributed by atoms with Gasteiger partial charge < -0.3 is 10.4 Å². The molecule has 1 rings (SSSR count). The fourth-order valence-electron chi connectivity index (χ4n) is 1.71. The smallest absolute Gasteiger partial charge is 0.0681 e. The normalized spacial score (nSPS) is 13.6. The minimum Gasteiger partial charge on any atom is -0.392 e. The molecule has 1 aromatic rings. The van der Waals surface area contributed by atoms with Gasteiger partial charge in [0.2, 0.25) is 0 Å². The molecule has 102 valence electrons. The van der Waals surface area contributed by atoms with Crippen LogP contribution in [0.2, 0.25) is 0 Å².